The molecule has 0 aliphatic rings. The Morgan fingerprint density at radius 2 is 2.43 bits per heavy atom. The molecule has 0 aliphatic heterocycles. The average molecular weight is 210 g/mol. The number of rotatable bonds is 1. The van der Waals surface area contributed by atoms with E-state index in [1.807, 2.05) is 5.43 Å². The molecule has 0 radical (unpaired) electrons. The number of alkyl halides is 1. The van der Waals surface area contributed by atoms with Crippen LogP contribution < -0.4 is 11.3 Å². The van der Waals surface area contributed by atoms with E-state index in [1.165, 1.54) is 6.20 Å². The summed E-state index contributed by atoms with van der Waals surface area (Å²) in [7, 11) is 0. The Bertz CT molecular complexity index is 395. The summed E-state index contributed by atoms with van der Waals surface area (Å²) in [4.78, 5) is 14.9. The summed E-state index contributed by atoms with van der Waals surface area (Å²) in [5.41, 5.74) is 3.01. The smallest absolute Gasteiger partial charge is 0.266 e. The zero-order valence-electron chi connectivity index (χ0n) is 7.25. The van der Waals surface area contributed by atoms with Crippen LogP contribution in [0.15, 0.2) is 18.5 Å². The molecule has 14 heavy (non-hydrogen) atoms. The predicted octanol–water partition coefficient (Wildman–Crippen LogP) is 0.275. The van der Waals surface area contributed by atoms with Gasteiger partial charge in [-0.3, -0.25) is 15.2 Å². The van der Waals surface area contributed by atoms with Crippen molar-refractivity contribution in [2.75, 3.05) is 5.88 Å². The topological polar surface area (TPSA) is 68.0 Å². The fourth-order valence-electron chi connectivity index (χ4n) is 0.851. The number of carbonyl (C=O) groups is 1. The number of carbonyl (C=O) groups excluding carboxylic acids is 1. The third kappa shape index (κ3) is 2.73. The minimum Gasteiger partial charge on any atom is -0.290 e. The number of amides is 1. The maximum atomic E-state index is 11.1. The van der Waals surface area contributed by atoms with Gasteiger partial charge in [-0.15, -0.1) is 11.6 Å². The molecule has 0 unspecified atom stereocenters. The summed E-state index contributed by atoms with van der Waals surface area (Å²) in [5, 5.41) is 0. The van der Waals surface area contributed by atoms with Crippen LogP contribution in [0.2, 0.25) is 0 Å². The van der Waals surface area contributed by atoms with Crippen LogP contribution in [0.3, 0.4) is 0 Å². The van der Waals surface area contributed by atoms with Crippen molar-refractivity contribution < 1.29 is 4.79 Å². The molecule has 1 heterocycles. The molecule has 72 valence electrons. The maximum absolute atomic E-state index is 11.1. The van der Waals surface area contributed by atoms with E-state index in [9.17, 15) is 4.79 Å². The van der Waals surface area contributed by atoms with E-state index in [-0.39, 0.29) is 5.88 Å². The van der Waals surface area contributed by atoms with Crippen molar-refractivity contribution in [3.63, 3.8) is 0 Å². The SMILES string of the molecule is NNC(=O)c1cncc(C#CCCl)c1. The first-order chi connectivity index (χ1) is 6.77. The number of nitrogens with one attached hydrogen (secondary N) is 1. The van der Waals surface area contributed by atoms with E-state index < -0.39 is 5.91 Å². The van der Waals surface area contributed by atoms with Crippen LogP contribution in [0.5, 0.6) is 0 Å². The number of halogens is 1. The molecule has 5 heteroatoms. The summed E-state index contributed by atoms with van der Waals surface area (Å²) < 4.78 is 0. The van der Waals surface area contributed by atoms with Crippen molar-refractivity contribution in [1.82, 2.24) is 10.4 Å². The molecule has 1 amide bonds. The number of nitrogen functional groups attached to an aromatic ring is 1. The van der Waals surface area contributed by atoms with Crippen molar-refractivity contribution in [2.45, 2.75) is 0 Å². The minimum absolute atomic E-state index is 0.243. The quantitative estimate of drug-likeness (QED) is 0.230. The number of hydrogen-bond donors (Lipinski definition) is 2. The highest BCUT2D eigenvalue weighted by Crippen LogP contribution is 2.00. The van der Waals surface area contributed by atoms with Gasteiger partial charge in [-0.2, -0.15) is 0 Å². The van der Waals surface area contributed by atoms with Crippen LogP contribution in [-0.2, 0) is 0 Å². The zero-order chi connectivity index (χ0) is 10.4. The second-order valence-electron chi connectivity index (χ2n) is 2.37. The van der Waals surface area contributed by atoms with Gasteiger partial charge in [-0.25, -0.2) is 5.84 Å². The number of nitrogens with two attached hydrogens (primary N) is 1. The van der Waals surface area contributed by atoms with Gasteiger partial charge in [0.1, 0.15) is 0 Å². The third-order valence-corrected chi connectivity index (χ3v) is 1.56. The molecule has 1 aromatic heterocycles. The lowest BCUT2D eigenvalue weighted by Crippen LogP contribution is -2.30. The van der Waals surface area contributed by atoms with E-state index in [0.29, 0.717) is 11.1 Å². The monoisotopic (exact) mass is 209 g/mol. The number of nitrogens with zero attached hydrogens (tertiary/aromatic N) is 1. The number of hydrogen-bond acceptors (Lipinski definition) is 3. The first-order valence-corrected chi connectivity index (χ1v) is 4.32. The van der Waals surface area contributed by atoms with E-state index in [2.05, 4.69) is 16.8 Å². The first-order valence-electron chi connectivity index (χ1n) is 3.78. The van der Waals surface area contributed by atoms with Crippen molar-refractivity contribution in [3.8, 4) is 11.8 Å². The van der Waals surface area contributed by atoms with E-state index in [4.69, 9.17) is 17.4 Å². The van der Waals surface area contributed by atoms with Crippen molar-refractivity contribution in [1.29, 1.82) is 0 Å². The lowest BCUT2D eigenvalue weighted by atomic mass is 10.2. The maximum Gasteiger partial charge on any atom is 0.266 e. The second-order valence-corrected chi connectivity index (χ2v) is 2.64. The van der Waals surface area contributed by atoms with Crippen molar-refractivity contribution in [2.24, 2.45) is 5.84 Å². The normalized spacial score (nSPS) is 8.71. The second kappa shape index (κ2) is 5.22. The molecule has 1 aromatic rings. The van der Waals surface area contributed by atoms with Gasteiger partial charge in [-0.1, -0.05) is 11.8 Å². The lowest BCUT2D eigenvalue weighted by molar-refractivity contribution is 0.0953. The van der Waals surface area contributed by atoms with E-state index in [1.54, 1.807) is 12.3 Å². The zero-order valence-corrected chi connectivity index (χ0v) is 8.01. The molecular formula is C9H8ClN3O. The predicted molar refractivity (Wildman–Crippen MR) is 53.5 cm³/mol. The van der Waals surface area contributed by atoms with Crippen LogP contribution in [0.1, 0.15) is 15.9 Å². The van der Waals surface area contributed by atoms with Crippen LogP contribution in [0.25, 0.3) is 0 Å². The minimum atomic E-state index is -0.396. The van der Waals surface area contributed by atoms with E-state index >= 15 is 0 Å². The standard InChI is InChI=1S/C9H8ClN3O/c10-3-1-2-7-4-8(6-12-5-7)9(14)13-11/h4-6H,3,11H2,(H,13,14). The Hall–Kier alpha value is -1.57. The fraction of sp³-hybridized carbons (Fsp3) is 0.111. The highest BCUT2D eigenvalue weighted by atomic mass is 35.5. The molecule has 4 nitrogen and oxygen atoms in total. The average Bonchev–Trinajstić information content (AvgIpc) is 2.25. The van der Waals surface area contributed by atoms with Gasteiger partial charge in [0.15, 0.2) is 0 Å². The van der Waals surface area contributed by atoms with Crippen molar-refractivity contribution >= 4 is 17.5 Å². The third-order valence-electron chi connectivity index (χ3n) is 1.43. The molecule has 0 fully saturated rings. The van der Waals surface area contributed by atoms with E-state index in [0.717, 1.165) is 0 Å². The highest BCUT2D eigenvalue weighted by molar-refractivity contribution is 6.19. The van der Waals surface area contributed by atoms with Gasteiger partial charge >= 0.3 is 0 Å². The van der Waals surface area contributed by atoms with Gasteiger partial charge in [0.25, 0.3) is 5.91 Å². The van der Waals surface area contributed by atoms with Gasteiger partial charge in [0.05, 0.1) is 11.4 Å². The first kappa shape index (κ1) is 10.5. The summed E-state index contributed by atoms with van der Waals surface area (Å²) in [6, 6.07) is 1.59. The number of pyridine rings is 1. The Morgan fingerprint density at radius 1 is 1.64 bits per heavy atom. The molecule has 0 atom stereocenters. The van der Waals surface area contributed by atoms with Crippen LogP contribution >= 0.6 is 11.6 Å². The Kier molecular flexibility index (Phi) is 3.92. The molecule has 0 bridgehead atoms. The number of hydrazine groups is 1. The Morgan fingerprint density at radius 3 is 3.07 bits per heavy atom. The highest BCUT2D eigenvalue weighted by Gasteiger charge is 2.03. The summed E-state index contributed by atoms with van der Waals surface area (Å²) in [6.07, 6.45) is 2.96. The summed E-state index contributed by atoms with van der Waals surface area (Å²) in [6.45, 7) is 0. The molecule has 0 aliphatic carbocycles. The Balaban J connectivity index is 2.95. The summed E-state index contributed by atoms with van der Waals surface area (Å²) in [5.74, 6) is 10.2. The molecule has 0 saturated carbocycles. The largest absolute Gasteiger partial charge is 0.290 e. The van der Waals surface area contributed by atoms with Gasteiger partial charge in [0, 0.05) is 18.0 Å². The van der Waals surface area contributed by atoms with Crippen LogP contribution in [0, 0.1) is 11.8 Å². The Labute approximate surface area is 86.4 Å². The molecular weight excluding hydrogens is 202 g/mol. The molecule has 0 spiro atoms. The van der Waals surface area contributed by atoms with Gasteiger partial charge in [-0.05, 0) is 6.07 Å². The van der Waals surface area contributed by atoms with Gasteiger partial charge < -0.3 is 0 Å². The fourth-order valence-corrected chi connectivity index (χ4v) is 0.918. The molecule has 0 aromatic carbocycles. The molecule has 0 saturated heterocycles. The summed E-state index contributed by atoms with van der Waals surface area (Å²) >= 11 is 5.39. The van der Waals surface area contributed by atoms with Crippen molar-refractivity contribution in [3.05, 3.63) is 29.6 Å². The molecule has 3 N–H and O–H groups in total. The van der Waals surface area contributed by atoms with Crippen LogP contribution in [0.4, 0.5) is 0 Å². The lowest BCUT2D eigenvalue weighted by Gasteiger charge is -1.98. The van der Waals surface area contributed by atoms with Gasteiger partial charge in [0.2, 0.25) is 0 Å². The van der Waals surface area contributed by atoms with Crippen LogP contribution in [-0.4, -0.2) is 16.8 Å². The number of aromatic nitrogens is 1. The molecule has 1 rings (SSSR count).